The van der Waals surface area contributed by atoms with E-state index in [-0.39, 0.29) is 11.3 Å². The molecule has 0 fully saturated rings. The van der Waals surface area contributed by atoms with Crippen molar-refractivity contribution in [1.82, 2.24) is 0 Å². The molecule has 0 N–H and O–H groups in total. The smallest absolute Gasteiger partial charge is 0.424 e. The van der Waals surface area contributed by atoms with Gasteiger partial charge in [0.2, 0.25) is 0 Å². The van der Waals surface area contributed by atoms with Crippen LogP contribution >= 0.6 is 0 Å². The third kappa shape index (κ3) is 4.71. The van der Waals surface area contributed by atoms with Gasteiger partial charge in [-0.1, -0.05) is 0 Å². The van der Waals surface area contributed by atoms with Crippen molar-refractivity contribution in [2.75, 3.05) is 6.61 Å². The maximum Gasteiger partial charge on any atom is 0.514 e. The van der Waals surface area contributed by atoms with E-state index in [2.05, 4.69) is 9.47 Å². The molecule has 3 nitrogen and oxygen atoms in total. The first-order valence-corrected chi connectivity index (χ1v) is 4.45. The van der Waals surface area contributed by atoms with Gasteiger partial charge in [-0.05, 0) is 30.7 Å². The Morgan fingerprint density at radius 1 is 1.35 bits per heavy atom. The summed E-state index contributed by atoms with van der Waals surface area (Å²) in [6, 6.07) is 3.31. The molecule has 0 bridgehead atoms. The molecule has 94 valence electrons. The molecule has 1 aromatic rings. The number of rotatable bonds is 2. The molecule has 17 heavy (non-hydrogen) atoms. The monoisotopic (exact) mass is 252 g/mol. The average molecular weight is 252 g/mol. The summed E-state index contributed by atoms with van der Waals surface area (Å²) in [5.41, 5.74) is 0.200. The number of aryl methyl sites for hydroxylation is 1. The van der Waals surface area contributed by atoms with E-state index in [1.807, 2.05) is 0 Å². The third-order valence-corrected chi connectivity index (χ3v) is 1.68. The minimum Gasteiger partial charge on any atom is -0.424 e. The quantitative estimate of drug-likeness (QED) is 0.460. The highest BCUT2D eigenvalue weighted by Crippen LogP contribution is 2.18. The van der Waals surface area contributed by atoms with E-state index >= 15 is 0 Å². The summed E-state index contributed by atoms with van der Waals surface area (Å²) in [6.45, 7) is -0.310. The van der Waals surface area contributed by atoms with Gasteiger partial charge in [0.25, 0.3) is 0 Å². The van der Waals surface area contributed by atoms with E-state index in [0.29, 0.717) is 0 Å². The van der Waals surface area contributed by atoms with Crippen LogP contribution in [-0.4, -0.2) is 18.9 Å². The van der Waals surface area contributed by atoms with Crippen molar-refractivity contribution in [3.63, 3.8) is 0 Å². The molecule has 0 aliphatic rings. The first kappa shape index (κ1) is 13.3. The highest BCUT2D eigenvalue weighted by molar-refractivity contribution is 5.63. The second-order valence-corrected chi connectivity index (χ2v) is 3.17. The lowest BCUT2D eigenvalue weighted by Gasteiger charge is -2.08. The number of hydrogen-bond acceptors (Lipinski definition) is 3. The van der Waals surface area contributed by atoms with E-state index in [9.17, 15) is 22.4 Å². The number of hydrogen-bond donors (Lipinski definition) is 0. The Morgan fingerprint density at radius 3 is 2.53 bits per heavy atom. The lowest BCUT2D eigenvalue weighted by Crippen LogP contribution is -2.22. The molecule has 0 unspecified atom stereocenters. The van der Waals surface area contributed by atoms with Crippen molar-refractivity contribution in [3.05, 3.63) is 29.6 Å². The molecule has 0 saturated heterocycles. The number of carbonyl (C=O) groups excluding carboxylic acids is 1. The molecule has 0 aliphatic heterocycles. The fourth-order valence-electron chi connectivity index (χ4n) is 0.947. The van der Waals surface area contributed by atoms with E-state index in [1.165, 1.54) is 13.0 Å². The number of halogens is 4. The maximum atomic E-state index is 12.8. The van der Waals surface area contributed by atoms with Gasteiger partial charge in [-0.2, -0.15) is 13.2 Å². The molecule has 0 atom stereocenters. The SMILES string of the molecule is Cc1cc(OC(=O)OCC(F)(F)F)ccc1F. The van der Waals surface area contributed by atoms with Crippen LogP contribution in [0.4, 0.5) is 22.4 Å². The van der Waals surface area contributed by atoms with Gasteiger partial charge in [0.15, 0.2) is 6.61 Å². The van der Waals surface area contributed by atoms with Gasteiger partial charge in [-0.25, -0.2) is 9.18 Å². The molecule has 0 spiro atoms. The molecule has 1 rings (SSSR count). The Morgan fingerprint density at radius 2 is 2.00 bits per heavy atom. The first-order valence-electron chi connectivity index (χ1n) is 4.45. The number of alkyl halides is 3. The van der Waals surface area contributed by atoms with Crippen LogP contribution in [0.15, 0.2) is 18.2 Å². The topological polar surface area (TPSA) is 35.5 Å². The zero-order valence-electron chi connectivity index (χ0n) is 8.68. The van der Waals surface area contributed by atoms with Gasteiger partial charge in [-0.15, -0.1) is 0 Å². The van der Waals surface area contributed by atoms with Crippen molar-refractivity contribution in [1.29, 1.82) is 0 Å². The summed E-state index contributed by atoms with van der Waals surface area (Å²) in [5.74, 6) is -0.600. The summed E-state index contributed by atoms with van der Waals surface area (Å²) >= 11 is 0. The van der Waals surface area contributed by atoms with Gasteiger partial charge in [0, 0.05) is 0 Å². The minimum absolute atomic E-state index is 0.0870. The van der Waals surface area contributed by atoms with Crippen LogP contribution in [0.5, 0.6) is 5.75 Å². The van der Waals surface area contributed by atoms with Crippen LogP contribution < -0.4 is 4.74 Å². The zero-order chi connectivity index (χ0) is 13.1. The van der Waals surface area contributed by atoms with E-state index in [4.69, 9.17) is 0 Å². The lowest BCUT2D eigenvalue weighted by molar-refractivity contribution is -0.163. The second kappa shape index (κ2) is 5.03. The van der Waals surface area contributed by atoms with E-state index in [0.717, 1.165) is 12.1 Å². The molecule has 0 saturated carbocycles. The Bertz CT molecular complexity index is 415. The van der Waals surface area contributed by atoms with Crippen molar-refractivity contribution in [2.45, 2.75) is 13.1 Å². The zero-order valence-corrected chi connectivity index (χ0v) is 8.68. The van der Waals surface area contributed by atoms with E-state index < -0.39 is 24.8 Å². The largest absolute Gasteiger partial charge is 0.514 e. The van der Waals surface area contributed by atoms with Crippen molar-refractivity contribution < 1.29 is 31.8 Å². The summed E-state index contributed by atoms with van der Waals surface area (Å²) in [7, 11) is 0. The number of benzene rings is 1. The minimum atomic E-state index is -4.61. The Balaban J connectivity index is 2.54. The molecule has 0 amide bonds. The maximum absolute atomic E-state index is 12.8. The van der Waals surface area contributed by atoms with E-state index in [1.54, 1.807) is 0 Å². The molecule has 0 heterocycles. The number of ether oxygens (including phenoxy) is 2. The molecule has 1 aromatic carbocycles. The molecule has 0 aliphatic carbocycles. The van der Waals surface area contributed by atoms with Gasteiger partial charge in [0.1, 0.15) is 11.6 Å². The Labute approximate surface area is 93.9 Å². The summed E-state index contributed by atoms with van der Waals surface area (Å²) in [5, 5.41) is 0. The van der Waals surface area contributed by atoms with Gasteiger partial charge in [-0.3, -0.25) is 0 Å². The standard InChI is InChI=1S/C10H8F4O3/c1-6-4-7(2-3-8(6)11)17-9(15)16-5-10(12,13)14/h2-4H,5H2,1H3. The Hall–Kier alpha value is -1.79. The van der Waals surface area contributed by atoms with Gasteiger partial charge >= 0.3 is 12.3 Å². The summed E-state index contributed by atoms with van der Waals surface area (Å²) < 4.78 is 56.1. The highest BCUT2D eigenvalue weighted by Gasteiger charge is 2.30. The molecule has 7 heteroatoms. The molecular formula is C10H8F4O3. The normalized spacial score (nSPS) is 11.1. The molecule has 0 aromatic heterocycles. The molecular weight excluding hydrogens is 244 g/mol. The number of carbonyl (C=O) groups is 1. The van der Waals surface area contributed by atoms with Crippen LogP contribution in [0.2, 0.25) is 0 Å². The van der Waals surface area contributed by atoms with Crippen LogP contribution in [0.3, 0.4) is 0 Å². The summed E-state index contributed by atoms with van der Waals surface area (Å²) in [6.07, 6.45) is -6.11. The van der Waals surface area contributed by atoms with Crippen molar-refractivity contribution in [2.24, 2.45) is 0 Å². The van der Waals surface area contributed by atoms with Gasteiger partial charge in [0.05, 0.1) is 0 Å². The molecule has 0 radical (unpaired) electrons. The fourth-order valence-corrected chi connectivity index (χ4v) is 0.947. The fraction of sp³-hybridized carbons (Fsp3) is 0.300. The van der Waals surface area contributed by atoms with Crippen LogP contribution in [0.1, 0.15) is 5.56 Å². The van der Waals surface area contributed by atoms with Crippen molar-refractivity contribution >= 4 is 6.16 Å². The highest BCUT2D eigenvalue weighted by atomic mass is 19.4. The van der Waals surface area contributed by atoms with Gasteiger partial charge < -0.3 is 9.47 Å². The van der Waals surface area contributed by atoms with Crippen molar-refractivity contribution in [3.8, 4) is 5.75 Å². The third-order valence-electron chi connectivity index (χ3n) is 1.68. The second-order valence-electron chi connectivity index (χ2n) is 3.17. The predicted octanol–water partition coefficient (Wildman–Crippen LogP) is 3.21. The lowest BCUT2D eigenvalue weighted by atomic mass is 10.2. The van der Waals surface area contributed by atoms with Crippen LogP contribution in [0.25, 0.3) is 0 Å². The van der Waals surface area contributed by atoms with Crippen LogP contribution in [0, 0.1) is 12.7 Å². The predicted molar refractivity (Wildman–Crippen MR) is 49.2 cm³/mol. The first-order chi connectivity index (χ1) is 7.78. The summed E-state index contributed by atoms with van der Waals surface area (Å²) in [4.78, 5) is 10.8. The van der Waals surface area contributed by atoms with Crippen LogP contribution in [-0.2, 0) is 4.74 Å². The Kier molecular flexibility index (Phi) is 3.93. The average Bonchev–Trinajstić information content (AvgIpc) is 2.20.